The zero-order valence-corrected chi connectivity index (χ0v) is 14.0. The van der Waals surface area contributed by atoms with E-state index in [0.717, 1.165) is 37.4 Å². The van der Waals surface area contributed by atoms with E-state index in [0.29, 0.717) is 17.7 Å². The van der Waals surface area contributed by atoms with E-state index in [9.17, 15) is 0 Å². The molecule has 0 atom stereocenters. The van der Waals surface area contributed by atoms with Gasteiger partial charge in [-0.3, -0.25) is 0 Å². The van der Waals surface area contributed by atoms with Crippen LogP contribution in [0.15, 0.2) is 24.3 Å². The van der Waals surface area contributed by atoms with Crippen molar-refractivity contribution in [3.8, 4) is 5.75 Å². The summed E-state index contributed by atoms with van der Waals surface area (Å²) in [5.41, 5.74) is 6.44. The predicted octanol–water partition coefficient (Wildman–Crippen LogP) is 2.45. The van der Waals surface area contributed by atoms with Crippen molar-refractivity contribution in [1.29, 1.82) is 0 Å². The maximum atomic E-state index is 5.72. The standard InChI is InChI=1S/C16H26N2O2S/c1-13(2)19-11-9-18(3)8-5-10-20-15-7-4-6-14(12-15)16(17)21/h4,6-7,12-13H,5,8-11H2,1-3H3,(H2,17,21). The molecular weight excluding hydrogens is 284 g/mol. The second-order valence-corrected chi connectivity index (χ2v) is 5.76. The molecule has 0 amide bonds. The van der Waals surface area contributed by atoms with E-state index in [1.165, 1.54) is 0 Å². The smallest absolute Gasteiger partial charge is 0.119 e. The minimum Gasteiger partial charge on any atom is -0.494 e. The van der Waals surface area contributed by atoms with E-state index in [4.69, 9.17) is 27.4 Å². The fraction of sp³-hybridized carbons (Fsp3) is 0.562. The number of thiocarbonyl (C=S) groups is 1. The first-order valence-corrected chi connectivity index (χ1v) is 7.72. The molecule has 0 aliphatic rings. The summed E-state index contributed by atoms with van der Waals surface area (Å²) >= 11 is 4.95. The van der Waals surface area contributed by atoms with Gasteiger partial charge in [-0.25, -0.2) is 0 Å². The van der Waals surface area contributed by atoms with Crippen LogP contribution in [-0.4, -0.2) is 49.3 Å². The summed E-state index contributed by atoms with van der Waals surface area (Å²) in [5.74, 6) is 0.811. The van der Waals surface area contributed by atoms with Crippen LogP contribution in [0.1, 0.15) is 25.8 Å². The number of ether oxygens (including phenoxy) is 2. The van der Waals surface area contributed by atoms with E-state index < -0.39 is 0 Å². The first-order valence-electron chi connectivity index (χ1n) is 7.32. The van der Waals surface area contributed by atoms with E-state index in [2.05, 4.69) is 25.8 Å². The molecule has 118 valence electrons. The Balaban J connectivity index is 2.19. The highest BCUT2D eigenvalue weighted by Gasteiger charge is 2.02. The fourth-order valence-electron chi connectivity index (χ4n) is 1.82. The van der Waals surface area contributed by atoms with Gasteiger partial charge in [-0.05, 0) is 39.4 Å². The predicted molar refractivity (Wildman–Crippen MR) is 91.0 cm³/mol. The summed E-state index contributed by atoms with van der Waals surface area (Å²) in [6.45, 7) is 7.47. The summed E-state index contributed by atoms with van der Waals surface area (Å²) in [6.07, 6.45) is 1.26. The van der Waals surface area contributed by atoms with Gasteiger partial charge in [-0.15, -0.1) is 0 Å². The van der Waals surface area contributed by atoms with Crippen LogP contribution in [0, 0.1) is 0 Å². The lowest BCUT2D eigenvalue weighted by Crippen LogP contribution is -2.26. The van der Waals surface area contributed by atoms with Crippen LogP contribution < -0.4 is 10.5 Å². The largest absolute Gasteiger partial charge is 0.494 e. The zero-order chi connectivity index (χ0) is 15.7. The quantitative estimate of drug-likeness (QED) is 0.531. The van der Waals surface area contributed by atoms with Gasteiger partial charge in [-0.1, -0.05) is 24.4 Å². The van der Waals surface area contributed by atoms with Crippen LogP contribution in [-0.2, 0) is 4.74 Å². The SMILES string of the molecule is CC(C)OCCN(C)CCCOc1cccc(C(N)=S)c1. The van der Waals surface area contributed by atoms with Crippen molar-refractivity contribution in [2.24, 2.45) is 5.73 Å². The number of rotatable bonds is 10. The van der Waals surface area contributed by atoms with Crippen LogP contribution in [0.25, 0.3) is 0 Å². The van der Waals surface area contributed by atoms with Gasteiger partial charge in [0.1, 0.15) is 10.7 Å². The highest BCUT2D eigenvalue weighted by molar-refractivity contribution is 7.80. The first kappa shape index (κ1) is 17.9. The van der Waals surface area contributed by atoms with Gasteiger partial charge in [0, 0.05) is 18.7 Å². The second kappa shape index (κ2) is 9.71. The summed E-state index contributed by atoms with van der Waals surface area (Å²) in [7, 11) is 2.09. The molecule has 0 radical (unpaired) electrons. The average molecular weight is 310 g/mol. The molecule has 0 bridgehead atoms. The molecule has 2 N–H and O–H groups in total. The maximum Gasteiger partial charge on any atom is 0.119 e. The number of hydrogen-bond acceptors (Lipinski definition) is 4. The summed E-state index contributed by atoms with van der Waals surface area (Å²) in [6, 6.07) is 7.58. The Morgan fingerprint density at radius 1 is 1.29 bits per heavy atom. The lowest BCUT2D eigenvalue weighted by molar-refractivity contribution is 0.0630. The van der Waals surface area contributed by atoms with E-state index in [1.807, 2.05) is 24.3 Å². The lowest BCUT2D eigenvalue weighted by Gasteiger charge is -2.17. The Morgan fingerprint density at radius 2 is 2.05 bits per heavy atom. The van der Waals surface area contributed by atoms with Crippen molar-refractivity contribution in [1.82, 2.24) is 4.90 Å². The molecule has 0 heterocycles. The molecule has 21 heavy (non-hydrogen) atoms. The van der Waals surface area contributed by atoms with Crippen molar-refractivity contribution in [3.63, 3.8) is 0 Å². The van der Waals surface area contributed by atoms with Gasteiger partial charge < -0.3 is 20.1 Å². The molecular formula is C16H26N2O2S. The fourth-order valence-corrected chi connectivity index (χ4v) is 1.95. The van der Waals surface area contributed by atoms with E-state index >= 15 is 0 Å². The summed E-state index contributed by atoms with van der Waals surface area (Å²) in [4.78, 5) is 2.64. The maximum absolute atomic E-state index is 5.72. The number of hydrogen-bond donors (Lipinski definition) is 1. The second-order valence-electron chi connectivity index (χ2n) is 5.32. The molecule has 0 aliphatic carbocycles. The number of likely N-dealkylation sites (N-methyl/N-ethyl adjacent to an activating group) is 1. The van der Waals surface area contributed by atoms with Crippen molar-refractivity contribution < 1.29 is 9.47 Å². The number of nitrogens with zero attached hydrogens (tertiary/aromatic N) is 1. The van der Waals surface area contributed by atoms with E-state index in [1.54, 1.807) is 0 Å². The summed E-state index contributed by atoms with van der Waals surface area (Å²) in [5, 5.41) is 0. The normalized spacial score (nSPS) is 11.1. The monoisotopic (exact) mass is 310 g/mol. The minimum absolute atomic E-state index is 0.294. The molecule has 5 heteroatoms. The molecule has 0 aromatic heterocycles. The summed E-state index contributed by atoms with van der Waals surface area (Å²) < 4.78 is 11.2. The Hall–Kier alpha value is -1.17. The molecule has 0 aliphatic heterocycles. The molecule has 0 fully saturated rings. The van der Waals surface area contributed by atoms with Crippen LogP contribution in [0.3, 0.4) is 0 Å². The first-order chi connectivity index (χ1) is 9.99. The Morgan fingerprint density at radius 3 is 2.71 bits per heavy atom. The number of nitrogens with two attached hydrogens (primary N) is 1. The molecule has 0 spiro atoms. The molecule has 1 aromatic carbocycles. The van der Waals surface area contributed by atoms with Gasteiger partial charge in [0.15, 0.2) is 0 Å². The Bertz CT molecular complexity index is 438. The molecule has 4 nitrogen and oxygen atoms in total. The topological polar surface area (TPSA) is 47.7 Å². The van der Waals surface area contributed by atoms with Crippen LogP contribution in [0.2, 0.25) is 0 Å². The average Bonchev–Trinajstić information content (AvgIpc) is 2.43. The molecule has 0 saturated heterocycles. The van der Waals surface area contributed by atoms with E-state index in [-0.39, 0.29) is 0 Å². The molecule has 0 saturated carbocycles. The van der Waals surface area contributed by atoms with Crippen LogP contribution in [0.5, 0.6) is 5.75 Å². The molecule has 1 aromatic rings. The molecule has 1 rings (SSSR count). The Labute approximate surface area is 133 Å². The van der Waals surface area contributed by atoms with Gasteiger partial charge in [0.05, 0.1) is 19.3 Å². The van der Waals surface area contributed by atoms with Crippen LogP contribution >= 0.6 is 12.2 Å². The van der Waals surface area contributed by atoms with Gasteiger partial charge in [-0.2, -0.15) is 0 Å². The Kier molecular flexibility index (Phi) is 8.27. The van der Waals surface area contributed by atoms with Gasteiger partial charge in [0.2, 0.25) is 0 Å². The lowest BCUT2D eigenvalue weighted by atomic mass is 10.2. The van der Waals surface area contributed by atoms with Gasteiger partial charge >= 0.3 is 0 Å². The zero-order valence-electron chi connectivity index (χ0n) is 13.2. The van der Waals surface area contributed by atoms with Crippen molar-refractivity contribution >= 4 is 17.2 Å². The highest BCUT2D eigenvalue weighted by Crippen LogP contribution is 2.13. The third-order valence-corrected chi connectivity index (χ3v) is 3.23. The highest BCUT2D eigenvalue weighted by atomic mass is 32.1. The van der Waals surface area contributed by atoms with Crippen molar-refractivity contribution in [2.75, 3.05) is 33.4 Å². The molecule has 0 unspecified atom stereocenters. The third-order valence-electron chi connectivity index (χ3n) is 3.00. The van der Waals surface area contributed by atoms with Crippen LogP contribution in [0.4, 0.5) is 0 Å². The van der Waals surface area contributed by atoms with Crippen molar-refractivity contribution in [3.05, 3.63) is 29.8 Å². The third kappa shape index (κ3) is 7.99. The van der Waals surface area contributed by atoms with Crippen molar-refractivity contribution in [2.45, 2.75) is 26.4 Å². The van der Waals surface area contributed by atoms with Gasteiger partial charge in [0.25, 0.3) is 0 Å². The number of benzene rings is 1. The minimum atomic E-state index is 0.294.